The fourth-order valence-electron chi connectivity index (χ4n) is 3.90. The average molecular weight is 363 g/mol. The molecule has 2 amide bonds. The molecule has 2 aromatic rings. The molecule has 5 nitrogen and oxygen atoms in total. The Morgan fingerprint density at radius 3 is 2.70 bits per heavy atom. The van der Waals surface area contributed by atoms with Gasteiger partial charge < -0.3 is 10.2 Å². The highest BCUT2D eigenvalue weighted by molar-refractivity contribution is 5.86. The van der Waals surface area contributed by atoms with E-state index in [1.807, 2.05) is 24.4 Å². The highest BCUT2D eigenvalue weighted by atomic mass is 16.2. The van der Waals surface area contributed by atoms with E-state index in [4.69, 9.17) is 0 Å². The van der Waals surface area contributed by atoms with Crippen molar-refractivity contribution in [2.24, 2.45) is 5.41 Å². The molecule has 1 aromatic heterocycles. The highest BCUT2D eigenvalue weighted by Crippen LogP contribution is 2.36. The maximum atomic E-state index is 13.1. The molecule has 1 aliphatic heterocycles. The van der Waals surface area contributed by atoms with E-state index in [0.717, 1.165) is 29.5 Å². The smallest absolute Gasteiger partial charge is 0.228 e. The highest BCUT2D eigenvalue weighted by Gasteiger charge is 2.46. The molecule has 1 N–H and O–H groups in total. The first-order valence-electron chi connectivity index (χ1n) is 9.62. The van der Waals surface area contributed by atoms with Crippen LogP contribution in [0.5, 0.6) is 0 Å². The number of hydrogen-bond acceptors (Lipinski definition) is 3. The van der Waals surface area contributed by atoms with E-state index in [1.54, 1.807) is 18.0 Å². The Morgan fingerprint density at radius 1 is 1.22 bits per heavy atom. The van der Waals surface area contributed by atoms with Crippen molar-refractivity contribution < 1.29 is 9.59 Å². The average Bonchev–Trinajstić information content (AvgIpc) is 3.39. The van der Waals surface area contributed by atoms with Crippen molar-refractivity contribution in [2.45, 2.75) is 38.6 Å². The van der Waals surface area contributed by atoms with Crippen LogP contribution in [0.3, 0.4) is 0 Å². The molecule has 1 unspecified atom stereocenters. The summed E-state index contributed by atoms with van der Waals surface area (Å²) >= 11 is 0. The fourth-order valence-corrected chi connectivity index (χ4v) is 3.90. The number of aromatic nitrogens is 1. The Kier molecular flexibility index (Phi) is 4.68. The molecule has 2 heterocycles. The molecule has 0 bridgehead atoms. The summed E-state index contributed by atoms with van der Waals surface area (Å²) in [6, 6.07) is 12.6. The van der Waals surface area contributed by atoms with Crippen LogP contribution >= 0.6 is 0 Å². The lowest BCUT2D eigenvalue weighted by atomic mass is 9.79. The number of hydrogen-bond donors (Lipinski definition) is 1. The Morgan fingerprint density at radius 2 is 2.04 bits per heavy atom. The van der Waals surface area contributed by atoms with E-state index < -0.39 is 5.41 Å². The van der Waals surface area contributed by atoms with Crippen molar-refractivity contribution in [3.05, 3.63) is 54.4 Å². The summed E-state index contributed by atoms with van der Waals surface area (Å²) in [5.74, 6) is 0.140. The molecular weight excluding hydrogens is 338 g/mol. The van der Waals surface area contributed by atoms with Crippen molar-refractivity contribution in [3.8, 4) is 11.1 Å². The number of carbonyl (C=O) groups excluding carboxylic acids is 2. The van der Waals surface area contributed by atoms with Crippen LogP contribution in [0.4, 0.5) is 0 Å². The van der Waals surface area contributed by atoms with E-state index in [2.05, 4.69) is 28.5 Å². The molecule has 0 spiro atoms. The third-order valence-corrected chi connectivity index (χ3v) is 5.66. The lowest BCUT2D eigenvalue weighted by Gasteiger charge is -2.28. The van der Waals surface area contributed by atoms with Gasteiger partial charge in [0.2, 0.25) is 11.8 Å². The molecule has 1 aliphatic carbocycles. The first-order chi connectivity index (χ1) is 13.1. The Labute approximate surface area is 159 Å². The summed E-state index contributed by atoms with van der Waals surface area (Å²) in [6.07, 6.45) is 7.09. The molecule has 5 heteroatoms. The van der Waals surface area contributed by atoms with Crippen molar-refractivity contribution in [1.29, 1.82) is 0 Å². The minimum Gasteiger partial charge on any atom is -0.353 e. The van der Waals surface area contributed by atoms with Gasteiger partial charge in [0.25, 0.3) is 0 Å². The van der Waals surface area contributed by atoms with Gasteiger partial charge in [-0.2, -0.15) is 0 Å². The summed E-state index contributed by atoms with van der Waals surface area (Å²) in [4.78, 5) is 31.0. The minimum atomic E-state index is -0.540. The zero-order valence-electron chi connectivity index (χ0n) is 15.6. The number of likely N-dealkylation sites (tertiary alicyclic amines) is 1. The second-order valence-electron chi connectivity index (χ2n) is 7.84. The first kappa shape index (κ1) is 17.7. The molecule has 1 saturated heterocycles. The molecule has 0 radical (unpaired) electrons. The number of nitrogens with one attached hydrogen (secondary N) is 1. The standard InChI is InChI=1S/C22H25N3O2/c1-16(26)25-11-9-22(15-25,21(27)24-20-7-8-20)13-17-4-2-5-18(12-17)19-6-3-10-23-14-19/h2-6,10,12,14,20H,7-9,11,13,15H2,1H3,(H,24,27). The summed E-state index contributed by atoms with van der Waals surface area (Å²) < 4.78 is 0. The van der Waals surface area contributed by atoms with E-state index in [9.17, 15) is 9.59 Å². The first-order valence-corrected chi connectivity index (χ1v) is 9.62. The lowest BCUT2D eigenvalue weighted by molar-refractivity contribution is -0.132. The number of amides is 2. The molecule has 2 fully saturated rings. The summed E-state index contributed by atoms with van der Waals surface area (Å²) in [6.45, 7) is 2.73. The third kappa shape index (κ3) is 3.87. The predicted octanol–water partition coefficient (Wildman–Crippen LogP) is 2.81. The van der Waals surface area contributed by atoms with Gasteiger partial charge in [-0.25, -0.2) is 0 Å². The van der Waals surface area contributed by atoms with Crippen LogP contribution in [0.2, 0.25) is 0 Å². The van der Waals surface area contributed by atoms with Crippen LogP contribution in [0.1, 0.15) is 31.7 Å². The number of carbonyl (C=O) groups is 2. The Bertz CT molecular complexity index is 848. The van der Waals surface area contributed by atoms with Gasteiger partial charge in [0.05, 0.1) is 5.41 Å². The van der Waals surface area contributed by atoms with Gasteiger partial charge in [-0.15, -0.1) is 0 Å². The van der Waals surface area contributed by atoms with Gasteiger partial charge >= 0.3 is 0 Å². The predicted molar refractivity (Wildman–Crippen MR) is 104 cm³/mol. The third-order valence-electron chi connectivity index (χ3n) is 5.66. The van der Waals surface area contributed by atoms with Crippen LogP contribution in [0.25, 0.3) is 11.1 Å². The van der Waals surface area contributed by atoms with Gasteiger partial charge in [0.15, 0.2) is 0 Å². The monoisotopic (exact) mass is 363 g/mol. The van der Waals surface area contributed by atoms with Crippen molar-refractivity contribution >= 4 is 11.8 Å². The van der Waals surface area contributed by atoms with E-state index in [-0.39, 0.29) is 11.8 Å². The Hall–Kier alpha value is -2.69. The van der Waals surface area contributed by atoms with Gasteiger partial charge in [-0.05, 0) is 48.4 Å². The summed E-state index contributed by atoms with van der Waals surface area (Å²) in [5.41, 5.74) is 2.74. The van der Waals surface area contributed by atoms with E-state index in [0.29, 0.717) is 32.0 Å². The normalized spacial score (nSPS) is 21.9. The molecule has 1 aromatic carbocycles. The fraction of sp³-hybridized carbons (Fsp3) is 0.409. The van der Waals surface area contributed by atoms with Gasteiger partial charge in [-0.1, -0.05) is 30.3 Å². The van der Waals surface area contributed by atoms with Crippen LogP contribution in [0, 0.1) is 5.41 Å². The van der Waals surface area contributed by atoms with Gasteiger partial charge in [0.1, 0.15) is 0 Å². The molecule has 1 saturated carbocycles. The molecule has 4 rings (SSSR count). The minimum absolute atomic E-state index is 0.0419. The summed E-state index contributed by atoms with van der Waals surface area (Å²) in [5, 5.41) is 3.18. The topological polar surface area (TPSA) is 62.3 Å². The van der Waals surface area contributed by atoms with Crippen LogP contribution in [-0.2, 0) is 16.0 Å². The molecule has 2 aliphatic rings. The molecular formula is C22H25N3O2. The number of benzene rings is 1. The zero-order chi connectivity index (χ0) is 18.9. The second-order valence-corrected chi connectivity index (χ2v) is 7.84. The molecule has 140 valence electrons. The van der Waals surface area contributed by atoms with Gasteiger partial charge in [-0.3, -0.25) is 14.6 Å². The van der Waals surface area contributed by atoms with E-state index in [1.165, 1.54) is 0 Å². The maximum Gasteiger partial charge on any atom is 0.228 e. The van der Waals surface area contributed by atoms with Crippen LogP contribution in [0.15, 0.2) is 48.8 Å². The SMILES string of the molecule is CC(=O)N1CCC(Cc2cccc(-c3cccnc3)c2)(C(=O)NC2CC2)C1. The second kappa shape index (κ2) is 7.14. The lowest BCUT2D eigenvalue weighted by Crippen LogP contribution is -2.45. The largest absolute Gasteiger partial charge is 0.353 e. The quantitative estimate of drug-likeness (QED) is 0.889. The molecule has 1 atom stereocenters. The molecule has 27 heavy (non-hydrogen) atoms. The van der Waals surface area contributed by atoms with Crippen molar-refractivity contribution in [1.82, 2.24) is 15.2 Å². The van der Waals surface area contributed by atoms with Crippen molar-refractivity contribution in [3.63, 3.8) is 0 Å². The number of pyridine rings is 1. The Balaban J connectivity index is 1.60. The van der Waals surface area contributed by atoms with Crippen LogP contribution in [-0.4, -0.2) is 40.8 Å². The summed E-state index contributed by atoms with van der Waals surface area (Å²) in [7, 11) is 0. The maximum absolute atomic E-state index is 13.1. The van der Waals surface area contributed by atoms with Crippen LogP contribution < -0.4 is 5.32 Å². The van der Waals surface area contributed by atoms with E-state index >= 15 is 0 Å². The number of nitrogens with zero attached hydrogens (tertiary/aromatic N) is 2. The number of rotatable bonds is 5. The van der Waals surface area contributed by atoms with Crippen molar-refractivity contribution in [2.75, 3.05) is 13.1 Å². The zero-order valence-corrected chi connectivity index (χ0v) is 15.6. The van der Waals surface area contributed by atoms with Gasteiger partial charge in [0, 0.05) is 38.4 Å².